The molecule has 3 nitrogen and oxygen atoms in total. The number of benzene rings is 1. The Hall–Kier alpha value is -1.29. The van der Waals surface area contributed by atoms with E-state index < -0.39 is 0 Å². The highest BCUT2D eigenvalue weighted by Gasteiger charge is 2.18. The topological polar surface area (TPSA) is 51.2 Å². The molecule has 0 radical (unpaired) electrons. The Morgan fingerprint density at radius 3 is 2.37 bits per heavy atom. The summed E-state index contributed by atoms with van der Waals surface area (Å²) in [5.41, 5.74) is 8.83. The lowest BCUT2D eigenvalue weighted by molar-refractivity contribution is 0.525. The van der Waals surface area contributed by atoms with Crippen LogP contribution in [-0.4, -0.2) is 0 Å². The van der Waals surface area contributed by atoms with Crippen molar-refractivity contribution in [3.8, 4) is 0 Å². The predicted octanol–water partition coefficient (Wildman–Crippen LogP) is 3.61. The van der Waals surface area contributed by atoms with Gasteiger partial charge in [0.1, 0.15) is 0 Å². The Morgan fingerprint density at radius 1 is 1.26 bits per heavy atom. The summed E-state index contributed by atoms with van der Waals surface area (Å²) in [4.78, 5) is 0. The fourth-order valence-electron chi connectivity index (χ4n) is 2.55. The van der Waals surface area contributed by atoms with Crippen LogP contribution < -0.4 is 11.3 Å². The Morgan fingerprint density at radius 2 is 1.89 bits per heavy atom. The summed E-state index contributed by atoms with van der Waals surface area (Å²) in [5.74, 6) is 5.66. The third-order valence-corrected chi connectivity index (χ3v) is 3.78. The lowest BCUT2D eigenvalue weighted by Crippen LogP contribution is -2.29. The lowest BCUT2D eigenvalue weighted by Gasteiger charge is -2.18. The van der Waals surface area contributed by atoms with Crippen LogP contribution in [0.15, 0.2) is 28.9 Å². The molecular weight excluding hydrogens is 260 g/mol. The molecule has 102 valence electrons. The number of halogens is 1. The molecule has 2 aromatic rings. The first-order valence-corrected chi connectivity index (χ1v) is 6.66. The van der Waals surface area contributed by atoms with Crippen molar-refractivity contribution in [1.29, 1.82) is 0 Å². The average Bonchev–Trinajstić information content (AvgIpc) is 2.75. The number of furan rings is 1. The zero-order chi connectivity index (χ0) is 14.0. The molecule has 0 bridgehead atoms. The Kier molecular flexibility index (Phi) is 4.30. The van der Waals surface area contributed by atoms with E-state index >= 15 is 0 Å². The van der Waals surface area contributed by atoms with E-state index in [9.17, 15) is 0 Å². The largest absolute Gasteiger partial charge is 0.453 e. The molecule has 0 amide bonds. The summed E-state index contributed by atoms with van der Waals surface area (Å²) < 4.78 is 5.13. The van der Waals surface area contributed by atoms with Gasteiger partial charge in [0.05, 0.1) is 12.3 Å². The number of nitrogens with one attached hydrogen (secondary N) is 1. The molecule has 2 rings (SSSR count). The van der Waals surface area contributed by atoms with E-state index in [0.717, 1.165) is 12.0 Å². The summed E-state index contributed by atoms with van der Waals surface area (Å²) in [6.45, 7) is 6.36. The van der Waals surface area contributed by atoms with Gasteiger partial charge in [-0.3, -0.25) is 11.3 Å². The molecule has 0 aliphatic carbocycles. The van der Waals surface area contributed by atoms with E-state index in [4.69, 9.17) is 21.9 Å². The highest BCUT2D eigenvalue weighted by Crippen LogP contribution is 2.28. The number of aryl methyl sites for hydroxylation is 3. The van der Waals surface area contributed by atoms with E-state index in [1.54, 1.807) is 6.26 Å². The van der Waals surface area contributed by atoms with Gasteiger partial charge < -0.3 is 4.42 Å². The maximum atomic E-state index is 6.02. The third kappa shape index (κ3) is 3.00. The van der Waals surface area contributed by atoms with E-state index in [1.807, 2.05) is 6.07 Å². The Bertz CT molecular complexity index is 554. The molecule has 3 N–H and O–H groups in total. The summed E-state index contributed by atoms with van der Waals surface area (Å²) >= 11 is 6.02. The second-order valence-corrected chi connectivity index (χ2v) is 5.29. The molecule has 0 aliphatic rings. The van der Waals surface area contributed by atoms with E-state index in [0.29, 0.717) is 5.22 Å². The number of hydrogen-bond acceptors (Lipinski definition) is 3. The molecule has 1 unspecified atom stereocenters. The second-order valence-electron chi connectivity index (χ2n) is 4.95. The molecule has 1 heterocycles. The van der Waals surface area contributed by atoms with Crippen molar-refractivity contribution in [2.24, 2.45) is 5.84 Å². The fourth-order valence-corrected chi connectivity index (χ4v) is 2.79. The van der Waals surface area contributed by atoms with Gasteiger partial charge in [0.15, 0.2) is 5.22 Å². The minimum atomic E-state index is -0.0497. The monoisotopic (exact) mass is 278 g/mol. The lowest BCUT2D eigenvalue weighted by atomic mass is 9.93. The summed E-state index contributed by atoms with van der Waals surface area (Å²) in [6, 6.07) is 6.18. The van der Waals surface area contributed by atoms with Crippen molar-refractivity contribution >= 4 is 11.6 Å². The van der Waals surface area contributed by atoms with Crippen LogP contribution in [0.25, 0.3) is 0 Å². The summed E-state index contributed by atoms with van der Waals surface area (Å²) in [6.07, 6.45) is 2.37. The maximum absolute atomic E-state index is 6.02. The normalized spacial score (nSPS) is 12.7. The van der Waals surface area contributed by atoms with E-state index in [2.05, 4.69) is 38.3 Å². The van der Waals surface area contributed by atoms with Crippen LogP contribution in [-0.2, 0) is 6.42 Å². The maximum Gasteiger partial charge on any atom is 0.197 e. The number of nitrogens with two attached hydrogens (primary N) is 1. The van der Waals surface area contributed by atoms with Crippen molar-refractivity contribution in [3.05, 3.63) is 57.5 Å². The number of hydrogen-bond donors (Lipinski definition) is 2. The Labute approximate surface area is 118 Å². The van der Waals surface area contributed by atoms with Crippen molar-refractivity contribution in [1.82, 2.24) is 5.43 Å². The molecule has 1 aromatic carbocycles. The second kappa shape index (κ2) is 5.78. The summed E-state index contributed by atoms with van der Waals surface area (Å²) in [7, 11) is 0. The highest BCUT2D eigenvalue weighted by molar-refractivity contribution is 6.29. The van der Waals surface area contributed by atoms with Gasteiger partial charge in [-0.1, -0.05) is 17.7 Å². The van der Waals surface area contributed by atoms with Crippen LogP contribution in [0.5, 0.6) is 0 Å². The fraction of sp³-hybridized carbons (Fsp3) is 0.333. The molecule has 4 heteroatoms. The van der Waals surface area contributed by atoms with Gasteiger partial charge in [-0.25, -0.2) is 0 Å². The minimum Gasteiger partial charge on any atom is -0.453 e. The first kappa shape index (κ1) is 14.1. The van der Waals surface area contributed by atoms with Crippen LogP contribution >= 0.6 is 11.6 Å². The predicted molar refractivity (Wildman–Crippen MR) is 78.1 cm³/mol. The first-order valence-electron chi connectivity index (χ1n) is 6.28. The summed E-state index contributed by atoms with van der Waals surface area (Å²) in [5, 5.41) is 0.394. The Balaban J connectivity index is 2.32. The standard InChI is InChI=1S/C15H19ClN2O/c1-9-6-10(2)13(11(3)7-9)8-14(18-17)12-4-5-19-15(12)16/h4-7,14,18H,8,17H2,1-3H3. The van der Waals surface area contributed by atoms with Gasteiger partial charge in [0, 0.05) is 5.56 Å². The molecule has 0 aliphatic heterocycles. The molecule has 0 saturated carbocycles. The highest BCUT2D eigenvalue weighted by atomic mass is 35.5. The van der Waals surface area contributed by atoms with Gasteiger partial charge in [-0.2, -0.15) is 0 Å². The molecule has 0 fully saturated rings. The smallest absolute Gasteiger partial charge is 0.197 e. The average molecular weight is 279 g/mol. The van der Waals surface area contributed by atoms with Crippen LogP contribution in [0.2, 0.25) is 5.22 Å². The van der Waals surface area contributed by atoms with Crippen LogP contribution in [0.4, 0.5) is 0 Å². The number of rotatable bonds is 4. The van der Waals surface area contributed by atoms with Crippen LogP contribution in [0.3, 0.4) is 0 Å². The van der Waals surface area contributed by atoms with Gasteiger partial charge in [-0.05, 0) is 61.5 Å². The SMILES string of the molecule is Cc1cc(C)c(CC(NN)c2ccoc2Cl)c(C)c1. The molecule has 0 spiro atoms. The van der Waals surface area contributed by atoms with Gasteiger partial charge in [0.2, 0.25) is 0 Å². The zero-order valence-corrected chi connectivity index (χ0v) is 12.2. The van der Waals surface area contributed by atoms with Crippen LogP contribution in [0.1, 0.15) is 33.9 Å². The van der Waals surface area contributed by atoms with Crippen molar-refractivity contribution in [2.45, 2.75) is 33.2 Å². The van der Waals surface area contributed by atoms with Crippen molar-refractivity contribution < 1.29 is 4.42 Å². The first-order chi connectivity index (χ1) is 9.02. The molecule has 1 aromatic heterocycles. The molecule has 19 heavy (non-hydrogen) atoms. The van der Waals surface area contributed by atoms with Crippen molar-refractivity contribution in [3.63, 3.8) is 0 Å². The number of hydrazine groups is 1. The van der Waals surface area contributed by atoms with Crippen molar-refractivity contribution in [2.75, 3.05) is 0 Å². The quantitative estimate of drug-likeness (QED) is 0.664. The van der Waals surface area contributed by atoms with E-state index in [1.165, 1.54) is 22.3 Å². The molecule has 0 saturated heterocycles. The van der Waals surface area contributed by atoms with Crippen LogP contribution in [0, 0.1) is 20.8 Å². The van der Waals surface area contributed by atoms with E-state index in [-0.39, 0.29) is 6.04 Å². The van der Waals surface area contributed by atoms with Gasteiger partial charge in [-0.15, -0.1) is 0 Å². The molecular formula is C15H19ClN2O. The third-order valence-electron chi connectivity index (χ3n) is 3.47. The van der Waals surface area contributed by atoms with Gasteiger partial charge >= 0.3 is 0 Å². The zero-order valence-electron chi connectivity index (χ0n) is 11.5. The van der Waals surface area contributed by atoms with Gasteiger partial charge in [0.25, 0.3) is 0 Å². The minimum absolute atomic E-state index is 0.0497. The molecule has 1 atom stereocenters.